The minimum Gasteiger partial charge on any atom is -0.361 e. The number of aromatic nitrogens is 1. The van der Waals surface area contributed by atoms with Gasteiger partial charge >= 0.3 is 0 Å². The number of nitrogens with zero attached hydrogens (tertiary/aromatic N) is 1. The van der Waals surface area contributed by atoms with Crippen molar-refractivity contribution < 1.29 is 9.59 Å². The number of piperidine rings is 1. The van der Waals surface area contributed by atoms with Crippen LogP contribution in [0.4, 0.5) is 0 Å². The predicted molar refractivity (Wildman–Crippen MR) is 92.5 cm³/mol. The van der Waals surface area contributed by atoms with E-state index in [-0.39, 0.29) is 17.7 Å². The number of rotatable bonds is 4. The van der Waals surface area contributed by atoms with Crippen LogP contribution in [-0.2, 0) is 16.0 Å². The van der Waals surface area contributed by atoms with Crippen LogP contribution in [0.1, 0.15) is 31.2 Å². The fourth-order valence-corrected chi connectivity index (χ4v) is 3.49. The molecule has 1 aromatic heterocycles. The fraction of sp³-hybridized carbons (Fsp3) is 0.474. The Morgan fingerprint density at radius 3 is 2.62 bits per heavy atom. The lowest BCUT2D eigenvalue weighted by Crippen LogP contribution is -2.43. The zero-order chi connectivity index (χ0) is 16.5. The largest absolute Gasteiger partial charge is 0.361 e. The Morgan fingerprint density at radius 2 is 1.88 bits per heavy atom. The molecule has 0 spiro atoms. The van der Waals surface area contributed by atoms with Crippen LogP contribution in [-0.4, -0.2) is 40.8 Å². The lowest BCUT2D eigenvalue weighted by molar-refractivity contribution is -0.135. The third-order valence-electron chi connectivity index (χ3n) is 5.16. The van der Waals surface area contributed by atoms with E-state index < -0.39 is 0 Å². The molecule has 2 heterocycles. The number of hydrogen-bond acceptors (Lipinski definition) is 2. The maximum Gasteiger partial charge on any atom is 0.227 e. The van der Waals surface area contributed by atoms with Crippen molar-refractivity contribution in [3.8, 4) is 0 Å². The number of hydrogen-bond donors (Lipinski definition) is 2. The van der Waals surface area contributed by atoms with Gasteiger partial charge < -0.3 is 15.2 Å². The monoisotopic (exact) mass is 325 g/mol. The van der Waals surface area contributed by atoms with Crippen LogP contribution in [0.3, 0.4) is 0 Å². The van der Waals surface area contributed by atoms with E-state index in [0.717, 1.165) is 42.1 Å². The van der Waals surface area contributed by atoms with Crippen molar-refractivity contribution in [1.82, 2.24) is 15.2 Å². The Kier molecular flexibility index (Phi) is 4.00. The molecule has 5 heteroatoms. The van der Waals surface area contributed by atoms with Gasteiger partial charge in [-0.2, -0.15) is 0 Å². The molecule has 1 aromatic carbocycles. The molecule has 2 amide bonds. The first-order chi connectivity index (χ1) is 11.7. The topological polar surface area (TPSA) is 65.2 Å². The highest BCUT2D eigenvalue weighted by Gasteiger charge is 2.31. The SMILES string of the molecule is O=C(NC1CC1)C1CCN(C(=O)Cc2c[nH]c3ccccc23)CC1. The smallest absolute Gasteiger partial charge is 0.227 e. The van der Waals surface area contributed by atoms with Crippen molar-refractivity contribution >= 4 is 22.7 Å². The molecule has 1 saturated carbocycles. The van der Waals surface area contributed by atoms with Gasteiger partial charge in [0.25, 0.3) is 0 Å². The molecule has 2 N–H and O–H groups in total. The Hall–Kier alpha value is -2.30. The van der Waals surface area contributed by atoms with E-state index in [1.165, 1.54) is 0 Å². The molecule has 1 aliphatic heterocycles. The second kappa shape index (κ2) is 6.30. The lowest BCUT2D eigenvalue weighted by atomic mass is 9.95. The standard InChI is InChI=1S/C19H23N3O2/c23-18(11-14-12-20-17-4-2-1-3-16(14)17)22-9-7-13(8-10-22)19(24)21-15-5-6-15/h1-4,12-13,15,20H,5-11H2,(H,21,24). The van der Waals surface area contributed by atoms with Gasteiger partial charge in [-0.25, -0.2) is 0 Å². The zero-order valence-electron chi connectivity index (χ0n) is 13.8. The van der Waals surface area contributed by atoms with Crippen LogP contribution in [0.5, 0.6) is 0 Å². The van der Waals surface area contributed by atoms with E-state index in [0.29, 0.717) is 25.6 Å². The molecule has 0 bridgehead atoms. The summed E-state index contributed by atoms with van der Waals surface area (Å²) in [5.41, 5.74) is 2.11. The van der Waals surface area contributed by atoms with Crippen molar-refractivity contribution in [3.63, 3.8) is 0 Å². The summed E-state index contributed by atoms with van der Waals surface area (Å²) in [4.78, 5) is 29.8. The van der Waals surface area contributed by atoms with Gasteiger partial charge in [-0.3, -0.25) is 9.59 Å². The van der Waals surface area contributed by atoms with E-state index >= 15 is 0 Å². The number of benzene rings is 1. The first kappa shape index (κ1) is 15.2. The highest BCUT2D eigenvalue weighted by Crippen LogP contribution is 2.24. The molecule has 0 atom stereocenters. The van der Waals surface area contributed by atoms with Gasteiger partial charge in [0.1, 0.15) is 0 Å². The van der Waals surface area contributed by atoms with Crippen LogP contribution in [0.15, 0.2) is 30.5 Å². The van der Waals surface area contributed by atoms with Gasteiger partial charge in [-0.05, 0) is 37.3 Å². The minimum absolute atomic E-state index is 0.0720. The minimum atomic E-state index is 0.0720. The van der Waals surface area contributed by atoms with Gasteiger partial charge in [0, 0.05) is 42.1 Å². The van der Waals surface area contributed by atoms with E-state index in [2.05, 4.69) is 10.3 Å². The van der Waals surface area contributed by atoms with Gasteiger partial charge in [-0.1, -0.05) is 18.2 Å². The molecule has 2 fully saturated rings. The van der Waals surface area contributed by atoms with E-state index in [4.69, 9.17) is 0 Å². The van der Waals surface area contributed by atoms with Crippen molar-refractivity contribution in [2.24, 2.45) is 5.92 Å². The number of carbonyl (C=O) groups is 2. The van der Waals surface area contributed by atoms with Crippen LogP contribution in [0, 0.1) is 5.92 Å². The molecule has 4 rings (SSSR count). The number of fused-ring (bicyclic) bond motifs is 1. The summed E-state index contributed by atoms with van der Waals surface area (Å²) in [5.74, 6) is 0.407. The molecule has 5 nitrogen and oxygen atoms in total. The van der Waals surface area contributed by atoms with Crippen LogP contribution in [0.2, 0.25) is 0 Å². The number of likely N-dealkylation sites (tertiary alicyclic amines) is 1. The molecule has 2 aliphatic rings. The quantitative estimate of drug-likeness (QED) is 0.905. The zero-order valence-corrected chi connectivity index (χ0v) is 13.8. The summed E-state index contributed by atoms with van der Waals surface area (Å²) < 4.78 is 0. The summed E-state index contributed by atoms with van der Waals surface area (Å²) in [6.07, 6.45) is 6.14. The molecule has 0 radical (unpaired) electrons. The van der Waals surface area contributed by atoms with Crippen molar-refractivity contribution in [2.45, 2.75) is 38.1 Å². The first-order valence-corrected chi connectivity index (χ1v) is 8.84. The summed E-state index contributed by atoms with van der Waals surface area (Å²) in [6.45, 7) is 1.37. The second-order valence-corrected chi connectivity index (χ2v) is 6.97. The average molecular weight is 325 g/mol. The average Bonchev–Trinajstić information content (AvgIpc) is 3.34. The summed E-state index contributed by atoms with van der Waals surface area (Å²) >= 11 is 0. The van der Waals surface area contributed by atoms with E-state index in [1.54, 1.807) is 0 Å². The number of carbonyl (C=O) groups excluding carboxylic acids is 2. The summed E-state index contributed by atoms with van der Waals surface area (Å²) in [7, 11) is 0. The highest BCUT2D eigenvalue weighted by atomic mass is 16.2. The summed E-state index contributed by atoms with van der Waals surface area (Å²) in [5, 5.41) is 4.19. The molecule has 24 heavy (non-hydrogen) atoms. The van der Waals surface area contributed by atoms with E-state index in [9.17, 15) is 9.59 Å². The number of aromatic amines is 1. The summed E-state index contributed by atoms with van der Waals surface area (Å²) in [6, 6.07) is 8.46. The molecular formula is C19H23N3O2. The van der Waals surface area contributed by atoms with E-state index in [1.807, 2.05) is 35.4 Å². The molecule has 1 aliphatic carbocycles. The van der Waals surface area contributed by atoms with Gasteiger partial charge in [0.05, 0.1) is 6.42 Å². The van der Waals surface area contributed by atoms with Crippen molar-refractivity contribution in [3.05, 3.63) is 36.0 Å². The van der Waals surface area contributed by atoms with Crippen molar-refractivity contribution in [2.75, 3.05) is 13.1 Å². The Bertz CT molecular complexity index is 755. The maximum absolute atomic E-state index is 12.6. The Labute approximate surface area is 141 Å². The third-order valence-corrected chi connectivity index (χ3v) is 5.16. The number of para-hydroxylation sites is 1. The number of H-pyrrole nitrogens is 1. The molecule has 2 aromatic rings. The van der Waals surface area contributed by atoms with Gasteiger partial charge in [0.2, 0.25) is 11.8 Å². The highest BCUT2D eigenvalue weighted by molar-refractivity contribution is 5.89. The number of nitrogens with one attached hydrogen (secondary N) is 2. The first-order valence-electron chi connectivity index (χ1n) is 8.84. The second-order valence-electron chi connectivity index (χ2n) is 6.97. The lowest BCUT2D eigenvalue weighted by Gasteiger charge is -2.31. The molecule has 1 saturated heterocycles. The maximum atomic E-state index is 12.6. The molecule has 126 valence electrons. The third kappa shape index (κ3) is 3.16. The van der Waals surface area contributed by atoms with Crippen molar-refractivity contribution in [1.29, 1.82) is 0 Å². The number of amides is 2. The van der Waals surface area contributed by atoms with Gasteiger partial charge in [-0.15, -0.1) is 0 Å². The molecule has 0 unspecified atom stereocenters. The Balaban J connectivity index is 1.33. The Morgan fingerprint density at radius 1 is 1.12 bits per heavy atom. The molecular weight excluding hydrogens is 302 g/mol. The van der Waals surface area contributed by atoms with Crippen LogP contribution < -0.4 is 5.32 Å². The fourth-order valence-electron chi connectivity index (χ4n) is 3.49. The normalized spacial score (nSPS) is 18.8. The van der Waals surface area contributed by atoms with Crippen LogP contribution >= 0.6 is 0 Å². The predicted octanol–water partition coefficient (Wildman–Crippen LogP) is 2.23. The van der Waals surface area contributed by atoms with Crippen LogP contribution in [0.25, 0.3) is 10.9 Å². The van der Waals surface area contributed by atoms with Gasteiger partial charge in [0.15, 0.2) is 0 Å².